The van der Waals surface area contributed by atoms with E-state index in [4.69, 9.17) is 4.74 Å². The topological polar surface area (TPSA) is 12.5 Å². The molecule has 0 aromatic heterocycles. The minimum absolute atomic E-state index is 0.428. The van der Waals surface area contributed by atoms with E-state index in [2.05, 4.69) is 37.1 Å². The SMILES string of the molecule is COc1ccc2c(c1)[C@]13CCCCC1[C@H](C)N(C)C(C2)C3. The Morgan fingerprint density at radius 1 is 1.29 bits per heavy atom. The van der Waals surface area contributed by atoms with Gasteiger partial charge in [-0.05, 0) is 68.8 Å². The molecule has 1 saturated heterocycles. The first-order valence-electron chi connectivity index (χ1n) is 8.55. The predicted octanol–water partition coefficient (Wildman–Crippen LogP) is 3.77. The lowest BCUT2D eigenvalue weighted by Crippen LogP contribution is -2.61. The van der Waals surface area contributed by atoms with Gasteiger partial charge in [-0.3, -0.25) is 0 Å². The van der Waals surface area contributed by atoms with Gasteiger partial charge in [-0.25, -0.2) is 0 Å². The molecule has 0 radical (unpaired) electrons. The third-order valence-electron chi connectivity index (χ3n) is 6.81. The standard InChI is InChI=1S/C19H27NO/c1-13-17-6-4-5-9-19(17)12-15(20(13)2)10-14-7-8-16(21-3)11-18(14)19/h7-8,11,13,15,17H,4-6,9-10,12H2,1-3H3/t13-,15?,17?,19-/m0/s1. The number of likely N-dealkylation sites (tertiary alicyclic amines) is 1. The van der Waals surface area contributed by atoms with E-state index in [0.717, 1.165) is 17.7 Å². The lowest BCUT2D eigenvalue weighted by molar-refractivity contribution is -0.0251. The fourth-order valence-electron chi connectivity index (χ4n) is 5.64. The van der Waals surface area contributed by atoms with Crippen molar-refractivity contribution in [2.24, 2.45) is 5.92 Å². The molecule has 2 bridgehead atoms. The molecule has 3 aliphatic rings. The summed E-state index contributed by atoms with van der Waals surface area (Å²) in [5.74, 6) is 1.86. The molecule has 1 heterocycles. The van der Waals surface area contributed by atoms with E-state index in [-0.39, 0.29) is 0 Å². The molecule has 21 heavy (non-hydrogen) atoms. The highest BCUT2D eigenvalue weighted by atomic mass is 16.5. The summed E-state index contributed by atoms with van der Waals surface area (Å²) in [4.78, 5) is 2.67. The monoisotopic (exact) mass is 285 g/mol. The van der Waals surface area contributed by atoms with Gasteiger partial charge in [0, 0.05) is 17.5 Å². The summed E-state index contributed by atoms with van der Waals surface area (Å²) >= 11 is 0. The van der Waals surface area contributed by atoms with Crippen molar-refractivity contribution in [1.82, 2.24) is 4.90 Å². The summed E-state index contributed by atoms with van der Waals surface area (Å²) in [6, 6.07) is 8.29. The number of ether oxygens (including phenoxy) is 1. The number of hydrogen-bond acceptors (Lipinski definition) is 2. The van der Waals surface area contributed by atoms with Gasteiger partial charge in [0.2, 0.25) is 0 Å². The molecular formula is C19H27NO. The first kappa shape index (κ1) is 13.6. The summed E-state index contributed by atoms with van der Waals surface area (Å²) in [5.41, 5.74) is 3.64. The number of nitrogens with zero attached hydrogens (tertiary/aromatic N) is 1. The zero-order chi connectivity index (χ0) is 14.6. The summed E-state index contributed by atoms with van der Waals surface area (Å²) < 4.78 is 5.53. The Morgan fingerprint density at radius 2 is 2.14 bits per heavy atom. The number of likely N-dealkylation sites (N-methyl/N-ethyl adjacent to an activating group) is 1. The molecule has 1 spiro atoms. The van der Waals surface area contributed by atoms with Crippen LogP contribution in [-0.4, -0.2) is 31.1 Å². The van der Waals surface area contributed by atoms with Crippen molar-refractivity contribution in [3.63, 3.8) is 0 Å². The van der Waals surface area contributed by atoms with Crippen molar-refractivity contribution in [3.8, 4) is 5.75 Å². The number of piperidine rings is 1. The van der Waals surface area contributed by atoms with Crippen molar-refractivity contribution in [2.75, 3.05) is 14.2 Å². The van der Waals surface area contributed by atoms with Crippen LogP contribution in [0.3, 0.4) is 0 Å². The van der Waals surface area contributed by atoms with Crippen LogP contribution < -0.4 is 4.74 Å². The van der Waals surface area contributed by atoms with Gasteiger partial charge in [0.25, 0.3) is 0 Å². The zero-order valence-corrected chi connectivity index (χ0v) is 13.6. The van der Waals surface area contributed by atoms with Gasteiger partial charge in [-0.2, -0.15) is 0 Å². The van der Waals surface area contributed by atoms with Crippen molar-refractivity contribution >= 4 is 0 Å². The van der Waals surface area contributed by atoms with Crippen molar-refractivity contribution in [2.45, 2.75) is 62.9 Å². The Balaban J connectivity index is 1.89. The van der Waals surface area contributed by atoms with Gasteiger partial charge in [0.05, 0.1) is 7.11 Å². The predicted molar refractivity (Wildman–Crippen MR) is 86.0 cm³/mol. The smallest absolute Gasteiger partial charge is 0.119 e. The largest absolute Gasteiger partial charge is 0.497 e. The van der Waals surface area contributed by atoms with Gasteiger partial charge in [-0.1, -0.05) is 18.9 Å². The molecule has 4 atom stereocenters. The molecule has 0 amide bonds. The van der Waals surface area contributed by atoms with Crippen LogP contribution in [0, 0.1) is 5.92 Å². The molecule has 1 aliphatic heterocycles. The maximum atomic E-state index is 5.53. The summed E-state index contributed by atoms with van der Waals surface area (Å²) in [6.07, 6.45) is 8.17. The van der Waals surface area contributed by atoms with Crippen LogP contribution in [0.4, 0.5) is 0 Å². The van der Waals surface area contributed by atoms with Crippen LogP contribution in [0.1, 0.15) is 50.2 Å². The van der Waals surface area contributed by atoms with E-state index in [1.54, 1.807) is 18.2 Å². The molecule has 2 heteroatoms. The quantitative estimate of drug-likeness (QED) is 0.779. The second-order valence-corrected chi connectivity index (χ2v) is 7.50. The fourth-order valence-corrected chi connectivity index (χ4v) is 5.64. The van der Waals surface area contributed by atoms with Crippen LogP contribution in [-0.2, 0) is 11.8 Å². The molecule has 2 unspecified atom stereocenters. The molecule has 1 aromatic rings. The van der Waals surface area contributed by atoms with E-state index >= 15 is 0 Å². The van der Waals surface area contributed by atoms with E-state index < -0.39 is 0 Å². The molecule has 1 saturated carbocycles. The number of fused-ring (bicyclic) bond motifs is 2. The minimum Gasteiger partial charge on any atom is -0.497 e. The third kappa shape index (κ3) is 1.81. The Labute approximate surface area is 128 Å². The molecule has 4 rings (SSSR count). The second kappa shape index (κ2) is 4.74. The number of benzene rings is 1. The van der Waals surface area contributed by atoms with Crippen LogP contribution in [0.15, 0.2) is 18.2 Å². The first-order chi connectivity index (χ1) is 10.2. The van der Waals surface area contributed by atoms with Gasteiger partial charge >= 0.3 is 0 Å². The Morgan fingerprint density at radius 3 is 2.95 bits per heavy atom. The number of rotatable bonds is 1. The van der Waals surface area contributed by atoms with Gasteiger partial charge in [0.15, 0.2) is 0 Å². The highest BCUT2D eigenvalue weighted by Gasteiger charge is 2.54. The fraction of sp³-hybridized carbons (Fsp3) is 0.684. The average molecular weight is 285 g/mol. The zero-order valence-electron chi connectivity index (χ0n) is 13.6. The van der Waals surface area contributed by atoms with Gasteiger partial charge in [0.1, 0.15) is 5.75 Å². The minimum atomic E-state index is 0.428. The van der Waals surface area contributed by atoms with E-state index in [9.17, 15) is 0 Å². The molecular weight excluding hydrogens is 258 g/mol. The van der Waals surface area contributed by atoms with Crippen molar-refractivity contribution in [1.29, 1.82) is 0 Å². The Kier molecular flexibility index (Phi) is 3.08. The molecule has 114 valence electrons. The normalized spacial score (nSPS) is 38.5. The number of hydrogen-bond donors (Lipinski definition) is 0. The third-order valence-corrected chi connectivity index (χ3v) is 6.81. The van der Waals surface area contributed by atoms with Crippen LogP contribution in [0.2, 0.25) is 0 Å². The molecule has 2 nitrogen and oxygen atoms in total. The average Bonchev–Trinajstić information content (AvgIpc) is 2.52. The van der Waals surface area contributed by atoms with Gasteiger partial charge < -0.3 is 9.64 Å². The molecule has 1 aromatic carbocycles. The maximum Gasteiger partial charge on any atom is 0.119 e. The lowest BCUT2D eigenvalue weighted by atomic mass is 9.52. The second-order valence-electron chi connectivity index (χ2n) is 7.50. The first-order valence-corrected chi connectivity index (χ1v) is 8.55. The van der Waals surface area contributed by atoms with Crippen LogP contribution in [0.25, 0.3) is 0 Å². The summed E-state index contributed by atoms with van der Waals surface area (Å²) in [7, 11) is 4.14. The highest BCUT2D eigenvalue weighted by molar-refractivity contribution is 5.45. The van der Waals surface area contributed by atoms with Crippen molar-refractivity contribution < 1.29 is 4.74 Å². The Bertz CT molecular complexity index is 554. The lowest BCUT2D eigenvalue weighted by Gasteiger charge is -2.60. The molecule has 0 N–H and O–H groups in total. The van der Waals surface area contributed by atoms with E-state index in [0.29, 0.717) is 11.5 Å². The van der Waals surface area contributed by atoms with E-state index in [1.807, 2.05) is 0 Å². The Hall–Kier alpha value is -1.02. The van der Waals surface area contributed by atoms with Crippen LogP contribution in [0.5, 0.6) is 5.75 Å². The van der Waals surface area contributed by atoms with E-state index in [1.165, 1.54) is 38.5 Å². The van der Waals surface area contributed by atoms with Gasteiger partial charge in [-0.15, -0.1) is 0 Å². The van der Waals surface area contributed by atoms with Crippen molar-refractivity contribution in [3.05, 3.63) is 29.3 Å². The van der Waals surface area contributed by atoms with Crippen LogP contribution >= 0.6 is 0 Å². The summed E-state index contributed by atoms with van der Waals surface area (Å²) in [6.45, 7) is 2.46. The summed E-state index contributed by atoms with van der Waals surface area (Å²) in [5, 5.41) is 0. The molecule has 2 aliphatic carbocycles. The highest BCUT2D eigenvalue weighted by Crippen LogP contribution is 2.56. The molecule has 2 fully saturated rings. The maximum absolute atomic E-state index is 5.53. The number of methoxy groups -OCH3 is 1.